The number of ether oxygens (including phenoxy) is 1. The molecule has 4 aromatic rings. The lowest BCUT2D eigenvalue weighted by Gasteiger charge is -2.36. The summed E-state index contributed by atoms with van der Waals surface area (Å²) >= 11 is 0. The summed E-state index contributed by atoms with van der Waals surface area (Å²) in [6, 6.07) is 19.8. The number of piperazine rings is 1. The fourth-order valence-electron chi connectivity index (χ4n) is 6.45. The number of nitriles is 1. The number of aromatic nitrogens is 3. The smallest absolute Gasteiger partial charge is 0.335 e. The summed E-state index contributed by atoms with van der Waals surface area (Å²) in [7, 11) is 0. The molecule has 0 spiro atoms. The highest BCUT2D eigenvalue weighted by molar-refractivity contribution is 5.92. The molecular weight excluding hydrogens is 542 g/mol. The minimum absolute atomic E-state index is 0.143. The largest absolute Gasteiger partial charge is 0.478 e. The summed E-state index contributed by atoms with van der Waals surface area (Å²) in [4.78, 5) is 28.7. The molecule has 220 valence electrons. The maximum Gasteiger partial charge on any atom is 0.335 e. The van der Waals surface area contributed by atoms with E-state index in [0.717, 1.165) is 98.2 Å². The quantitative estimate of drug-likeness (QED) is 0.348. The molecule has 0 amide bonds. The lowest BCUT2D eigenvalue weighted by atomic mass is 9.99. The molecule has 1 N–H and O–H groups in total. The number of benzene rings is 2. The van der Waals surface area contributed by atoms with E-state index in [1.165, 1.54) is 5.56 Å². The van der Waals surface area contributed by atoms with Crippen molar-refractivity contribution >= 4 is 28.6 Å². The normalized spacial score (nSPS) is 19.0. The summed E-state index contributed by atoms with van der Waals surface area (Å²) in [5.74, 6) is 1.94. The Morgan fingerprint density at radius 3 is 2.53 bits per heavy atom. The van der Waals surface area contributed by atoms with Crippen LogP contribution in [0.4, 0.5) is 11.6 Å². The van der Waals surface area contributed by atoms with Gasteiger partial charge in [0.15, 0.2) is 0 Å². The first-order valence-electron chi connectivity index (χ1n) is 15.1. The molecule has 2 fully saturated rings. The highest BCUT2D eigenvalue weighted by Gasteiger charge is 2.26. The van der Waals surface area contributed by atoms with Crippen molar-refractivity contribution in [1.29, 1.82) is 5.26 Å². The number of aryl methyl sites for hydroxylation is 1. The van der Waals surface area contributed by atoms with Crippen LogP contribution in [0, 0.1) is 11.3 Å². The molecule has 0 aliphatic carbocycles. The Hall–Kier alpha value is -4.46. The van der Waals surface area contributed by atoms with Gasteiger partial charge in [-0.05, 0) is 66.8 Å². The Bertz CT molecular complexity index is 1700. The Kier molecular flexibility index (Phi) is 7.43. The van der Waals surface area contributed by atoms with Crippen LogP contribution >= 0.6 is 0 Å². The standard InChI is InChI=1S/C33H35N7O3/c34-19-25-5-1-4-23-6-3-12-39(21-27(23)25)31-8-2-7-30(36-31)38-15-13-37(14-16-38)22-32-35-28-10-9-24(33(41)42)18-29(28)40(32)20-26-11-17-43-26/h1-2,4-5,7-10,18,26H,3,6,11-17,20-22H2,(H,41,42)/t26-/m0/s1. The van der Waals surface area contributed by atoms with Crippen molar-refractivity contribution in [3.63, 3.8) is 0 Å². The van der Waals surface area contributed by atoms with Gasteiger partial charge in [-0.2, -0.15) is 5.26 Å². The molecular formula is C33H35N7O3. The number of fused-ring (bicyclic) bond motifs is 2. The molecule has 7 rings (SSSR count). The molecule has 0 unspecified atom stereocenters. The fourth-order valence-corrected chi connectivity index (χ4v) is 6.45. The number of rotatable bonds is 7. The predicted molar refractivity (Wildman–Crippen MR) is 163 cm³/mol. The van der Waals surface area contributed by atoms with E-state index in [1.807, 2.05) is 12.1 Å². The van der Waals surface area contributed by atoms with Crippen LogP contribution in [-0.4, -0.2) is 75.9 Å². The Labute approximate surface area is 250 Å². The lowest BCUT2D eigenvalue weighted by molar-refractivity contribution is -0.0592. The highest BCUT2D eigenvalue weighted by atomic mass is 16.5. The topological polar surface area (TPSA) is 111 Å². The van der Waals surface area contributed by atoms with Crippen molar-refractivity contribution in [2.24, 2.45) is 0 Å². The van der Waals surface area contributed by atoms with E-state index >= 15 is 0 Å². The van der Waals surface area contributed by atoms with E-state index in [0.29, 0.717) is 19.6 Å². The molecule has 2 aromatic carbocycles. The van der Waals surface area contributed by atoms with Crippen LogP contribution in [0.25, 0.3) is 11.0 Å². The Morgan fingerprint density at radius 2 is 1.79 bits per heavy atom. The third-order valence-corrected chi connectivity index (χ3v) is 8.98. The van der Waals surface area contributed by atoms with Gasteiger partial charge >= 0.3 is 5.97 Å². The summed E-state index contributed by atoms with van der Waals surface area (Å²) < 4.78 is 7.87. The molecule has 0 saturated carbocycles. The lowest BCUT2D eigenvalue weighted by Crippen LogP contribution is -2.46. The third-order valence-electron chi connectivity index (χ3n) is 8.98. The van der Waals surface area contributed by atoms with E-state index < -0.39 is 5.97 Å². The van der Waals surface area contributed by atoms with Gasteiger partial charge in [0.1, 0.15) is 17.5 Å². The average molecular weight is 578 g/mol. The zero-order valence-corrected chi connectivity index (χ0v) is 24.2. The van der Waals surface area contributed by atoms with Gasteiger partial charge in [0, 0.05) is 45.9 Å². The number of hydrogen-bond acceptors (Lipinski definition) is 8. The second-order valence-electron chi connectivity index (χ2n) is 11.6. The van der Waals surface area contributed by atoms with Crippen molar-refractivity contribution < 1.29 is 14.6 Å². The number of carboxylic acids is 1. The highest BCUT2D eigenvalue weighted by Crippen LogP contribution is 2.28. The second kappa shape index (κ2) is 11.7. The van der Waals surface area contributed by atoms with Gasteiger partial charge in [-0.25, -0.2) is 14.8 Å². The monoisotopic (exact) mass is 577 g/mol. The third kappa shape index (κ3) is 5.54. The van der Waals surface area contributed by atoms with Gasteiger partial charge in [-0.15, -0.1) is 0 Å². The number of hydrogen-bond donors (Lipinski definition) is 1. The molecule has 3 aliphatic rings. The maximum absolute atomic E-state index is 11.6. The first-order valence-corrected chi connectivity index (χ1v) is 15.1. The number of imidazole rings is 1. The molecule has 43 heavy (non-hydrogen) atoms. The summed E-state index contributed by atoms with van der Waals surface area (Å²) in [5, 5.41) is 19.2. The summed E-state index contributed by atoms with van der Waals surface area (Å²) in [5.41, 5.74) is 5.09. The van der Waals surface area contributed by atoms with Gasteiger partial charge in [-0.1, -0.05) is 18.2 Å². The summed E-state index contributed by atoms with van der Waals surface area (Å²) in [6.45, 7) is 7.21. The molecule has 0 radical (unpaired) electrons. The van der Waals surface area contributed by atoms with Gasteiger partial charge in [0.05, 0.1) is 47.4 Å². The zero-order valence-electron chi connectivity index (χ0n) is 24.2. The minimum atomic E-state index is -0.933. The van der Waals surface area contributed by atoms with Crippen LogP contribution in [0.3, 0.4) is 0 Å². The SMILES string of the molecule is N#Cc1cccc2c1CN(c1cccc(N3CCN(Cc4nc5ccc(C(=O)O)cc5n4C[C@@H]4CCO4)CC3)n1)CCC2. The van der Waals surface area contributed by atoms with E-state index in [4.69, 9.17) is 14.7 Å². The average Bonchev–Trinajstić information content (AvgIpc) is 3.18. The number of carboxylic acid groups (broad SMARTS) is 1. The van der Waals surface area contributed by atoms with E-state index in [-0.39, 0.29) is 11.7 Å². The second-order valence-corrected chi connectivity index (χ2v) is 11.6. The molecule has 0 bridgehead atoms. The Balaban J connectivity index is 1.05. The first-order chi connectivity index (χ1) is 21.1. The van der Waals surface area contributed by atoms with Gasteiger partial charge in [-0.3, -0.25) is 4.90 Å². The molecule has 5 heterocycles. The van der Waals surface area contributed by atoms with E-state index in [2.05, 4.69) is 49.6 Å². The number of aromatic carboxylic acids is 1. The number of anilines is 2. The van der Waals surface area contributed by atoms with Crippen molar-refractivity contribution in [2.45, 2.75) is 45.0 Å². The number of pyridine rings is 1. The maximum atomic E-state index is 11.6. The van der Waals surface area contributed by atoms with Gasteiger partial charge < -0.3 is 24.2 Å². The Morgan fingerprint density at radius 1 is 1.00 bits per heavy atom. The van der Waals surface area contributed by atoms with E-state index in [9.17, 15) is 15.2 Å². The minimum Gasteiger partial charge on any atom is -0.478 e. The predicted octanol–water partition coefficient (Wildman–Crippen LogP) is 4.07. The zero-order chi connectivity index (χ0) is 29.3. The van der Waals surface area contributed by atoms with Crippen LogP contribution in [0.5, 0.6) is 0 Å². The van der Waals surface area contributed by atoms with Crippen molar-refractivity contribution in [3.05, 3.63) is 82.7 Å². The molecule has 10 heteroatoms. The van der Waals surface area contributed by atoms with E-state index in [1.54, 1.807) is 18.2 Å². The number of carbonyl (C=O) groups is 1. The van der Waals surface area contributed by atoms with Crippen molar-refractivity contribution in [2.75, 3.05) is 49.1 Å². The van der Waals surface area contributed by atoms with Gasteiger partial charge in [0.25, 0.3) is 0 Å². The molecule has 10 nitrogen and oxygen atoms in total. The first kappa shape index (κ1) is 27.4. The molecule has 3 aliphatic heterocycles. The van der Waals surface area contributed by atoms with Crippen LogP contribution in [0.2, 0.25) is 0 Å². The number of nitrogens with zero attached hydrogens (tertiary/aromatic N) is 7. The molecule has 2 aromatic heterocycles. The molecule has 2 saturated heterocycles. The van der Waals surface area contributed by atoms with Gasteiger partial charge in [0.2, 0.25) is 0 Å². The van der Waals surface area contributed by atoms with Crippen molar-refractivity contribution in [1.82, 2.24) is 19.4 Å². The van der Waals surface area contributed by atoms with Crippen LogP contribution < -0.4 is 9.80 Å². The van der Waals surface area contributed by atoms with Crippen LogP contribution in [0.1, 0.15) is 45.7 Å². The van der Waals surface area contributed by atoms with Crippen molar-refractivity contribution in [3.8, 4) is 6.07 Å². The van der Waals surface area contributed by atoms with Crippen LogP contribution in [0.15, 0.2) is 54.6 Å². The molecule has 1 atom stereocenters. The fraction of sp³-hybridized carbons (Fsp3) is 0.394. The van der Waals surface area contributed by atoms with Crippen LogP contribution in [-0.2, 0) is 30.8 Å². The summed E-state index contributed by atoms with van der Waals surface area (Å²) in [6.07, 6.45) is 3.16.